The Hall–Kier alpha value is -3.00. The molecule has 1 amide bonds. The molecule has 1 saturated heterocycles. The fourth-order valence-corrected chi connectivity index (χ4v) is 4.62. The molecule has 1 aliphatic rings. The fraction of sp³-hybridized carbons (Fsp3) is 0.520. The number of amides is 1. The zero-order chi connectivity index (χ0) is 23.8. The molecule has 0 aliphatic carbocycles. The summed E-state index contributed by atoms with van der Waals surface area (Å²) in [6.45, 7) is 11.1. The summed E-state index contributed by atoms with van der Waals surface area (Å²) in [5.74, 6) is 1.97. The van der Waals surface area contributed by atoms with Crippen LogP contribution in [0.1, 0.15) is 39.3 Å². The molecule has 2 N–H and O–H groups in total. The molecule has 0 unspecified atom stereocenters. The number of carboxylic acid groups (broad SMARTS) is 1. The van der Waals surface area contributed by atoms with Crippen LogP contribution in [-0.4, -0.2) is 72.9 Å². The summed E-state index contributed by atoms with van der Waals surface area (Å²) in [5.41, 5.74) is 2.88. The number of imidazole rings is 1. The highest BCUT2D eigenvalue weighted by Gasteiger charge is 2.28. The van der Waals surface area contributed by atoms with Crippen molar-refractivity contribution < 1.29 is 9.90 Å². The van der Waals surface area contributed by atoms with Crippen LogP contribution in [0.4, 0.5) is 10.7 Å². The van der Waals surface area contributed by atoms with Gasteiger partial charge in [-0.15, -0.1) is 0 Å². The summed E-state index contributed by atoms with van der Waals surface area (Å²) in [4.78, 5) is 20.4. The van der Waals surface area contributed by atoms with Crippen molar-refractivity contribution in [3.63, 3.8) is 0 Å². The quantitative estimate of drug-likeness (QED) is 0.582. The van der Waals surface area contributed by atoms with Gasteiger partial charge in [-0.05, 0) is 64.8 Å². The maximum absolute atomic E-state index is 11.6. The molecule has 0 bridgehead atoms. The van der Waals surface area contributed by atoms with E-state index >= 15 is 0 Å². The number of carbonyl (C=O) groups is 1. The van der Waals surface area contributed by atoms with Crippen molar-refractivity contribution in [1.29, 1.82) is 0 Å². The molecule has 2 aromatic heterocycles. The largest absolute Gasteiger partial charge is 0.465 e. The van der Waals surface area contributed by atoms with Crippen LogP contribution in [0.2, 0.25) is 0 Å². The summed E-state index contributed by atoms with van der Waals surface area (Å²) in [6, 6.07) is 12.8. The molecule has 0 spiro atoms. The first-order valence-corrected chi connectivity index (χ1v) is 11.7. The Morgan fingerprint density at radius 2 is 1.88 bits per heavy atom. The molecule has 33 heavy (non-hydrogen) atoms. The number of aryl methyl sites for hydroxylation is 1. The lowest BCUT2D eigenvalue weighted by Gasteiger charge is -2.37. The fourth-order valence-electron chi connectivity index (χ4n) is 4.62. The minimum absolute atomic E-state index is 0.330. The molecule has 3 heterocycles. The molecular formula is C25H36N6O2. The Morgan fingerprint density at radius 1 is 1.18 bits per heavy atom. The molecule has 3 aromatic rings. The maximum atomic E-state index is 11.6. The molecule has 1 aromatic carbocycles. The van der Waals surface area contributed by atoms with Crippen LogP contribution in [0.3, 0.4) is 0 Å². The van der Waals surface area contributed by atoms with Crippen LogP contribution < -0.4 is 5.32 Å². The number of anilines is 1. The molecule has 0 radical (unpaired) electrons. The van der Waals surface area contributed by atoms with E-state index in [1.54, 1.807) is 0 Å². The number of rotatable bonds is 6. The zero-order valence-corrected chi connectivity index (χ0v) is 20.4. The molecule has 178 valence electrons. The van der Waals surface area contributed by atoms with E-state index in [2.05, 4.69) is 63.7 Å². The van der Waals surface area contributed by atoms with E-state index in [-0.39, 0.29) is 5.54 Å². The van der Waals surface area contributed by atoms with Gasteiger partial charge in [-0.2, -0.15) is 0 Å². The summed E-state index contributed by atoms with van der Waals surface area (Å²) >= 11 is 0. The summed E-state index contributed by atoms with van der Waals surface area (Å²) < 4.78 is 4.40. The number of aromatic nitrogens is 3. The predicted octanol–water partition coefficient (Wildman–Crippen LogP) is 4.33. The number of para-hydroxylation sites is 2. The van der Waals surface area contributed by atoms with Crippen molar-refractivity contribution >= 4 is 23.1 Å². The lowest BCUT2D eigenvalue weighted by Crippen LogP contribution is -2.49. The van der Waals surface area contributed by atoms with Crippen LogP contribution in [0.25, 0.3) is 16.9 Å². The molecule has 0 saturated carbocycles. The Kier molecular flexibility index (Phi) is 6.38. The second-order valence-corrected chi connectivity index (χ2v) is 10.0. The minimum atomic E-state index is -0.853. The van der Waals surface area contributed by atoms with Gasteiger partial charge in [-0.3, -0.25) is 4.57 Å². The monoisotopic (exact) mass is 452 g/mol. The smallest absolute Gasteiger partial charge is 0.407 e. The Morgan fingerprint density at radius 3 is 2.48 bits per heavy atom. The van der Waals surface area contributed by atoms with Crippen molar-refractivity contribution in [2.24, 2.45) is 7.05 Å². The number of hydrogen-bond donors (Lipinski definition) is 2. The predicted molar refractivity (Wildman–Crippen MR) is 132 cm³/mol. The van der Waals surface area contributed by atoms with Gasteiger partial charge in [-0.1, -0.05) is 12.1 Å². The molecule has 8 nitrogen and oxygen atoms in total. The van der Waals surface area contributed by atoms with Crippen LogP contribution in [0.5, 0.6) is 0 Å². The summed E-state index contributed by atoms with van der Waals surface area (Å²) in [6.07, 6.45) is 1.14. The maximum Gasteiger partial charge on any atom is 0.407 e. The van der Waals surface area contributed by atoms with Crippen molar-refractivity contribution in [1.82, 2.24) is 23.9 Å². The lowest BCUT2D eigenvalue weighted by atomic mass is 10.0. The topological polar surface area (TPSA) is 78.6 Å². The molecule has 1 fully saturated rings. The standard InChI is InChI=1S/C25H36N6O2/c1-18-10-11-22(28(18)5)31-21-9-7-6-8-20(21)27-23(31)26-19-12-14-29(15-13-19)16-17-30(24(32)33)25(2,3)4/h6-11,19H,12-17H2,1-5H3,(H,26,27)(H,32,33). The third-order valence-electron chi connectivity index (χ3n) is 6.74. The highest BCUT2D eigenvalue weighted by molar-refractivity contribution is 5.81. The number of piperidine rings is 1. The van der Waals surface area contributed by atoms with Crippen molar-refractivity contribution in [2.45, 2.75) is 52.1 Å². The first-order chi connectivity index (χ1) is 15.6. The van der Waals surface area contributed by atoms with Gasteiger partial charge in [0.05, 0.1) is 11.0 Å². The Bertz CT molecular complexity index is 1120. The van der Waals surface area contributed by atoms with Gasteiger partial charge in [-0.25, -0.2) is 9.78 Å². The van der Waals surface area contributed by atoms with Crippen LogP contribution >= 0.6 is 0 Å². The Balaban J connectivity index is 1.44. The van der Waals surface area contributed by atoms with Gasteiger partial charge in [0, 0.05) is 50.5 Å². The Labute approximate surface area is 195 Å². The zero-order valence-electron chi connectivity index (χ0n) is 20.4. The van der Waals surface area contributed by atoms with E-state index in [0.29, 0.717) is 12.6 Å². The average molecular weight is 453 g/mol. The van der Waals surface area contributed by atoms with Crippen LogP contribution in [-0.2, 0) is 7.05 Å². The minimum Gasteiger partial charge on any atom is -0.465 e. The van der Waals surface area contributed by atoms with Gasteiger partial charge in [0.15, 0.2) is 0 Å². The van der Waals surface area contributed by atoms with E-state index in [1.807, 2.05) is 26.8 Å². The van der Waals surface area contributed by atoms with Gasteiger partial charge in [0.25, 0.3) is 0 Å². The first-order valence-electron chi connectivity index (χ1n) is 11.7. The number of likely N-dealkylation sites (tertiary alicyclic amines) is 1. The first kappa shape index (κ1) is 23.2. The molecule has 1 aliphatic heterocycles. The average Bonchev–Trinajstić information content (AvgIpc) is 3.27. The van der Waals surface area contributed by atoms with Gasteiger partial charge in [0.2, 0.25) is 5.95 Å². The van der Waals surface area contributed by atoms with Crippen LogP contribution in [0.15, 0.2) is 36.4 Å². The van der Waals surface area contributed by atoms with E-state index in [4.69, 9.17) is 4.98 Å². The molecule has 0 atom stereocenters. The van der Waals surface area contributed by atoms with Gasteiger partial charge >= 0.3 is 6.09 Å². The third-order valence-corrected chi connectivity index (χ3v) is 6.74. The van der Waals surface area contributed by atoms with Gasteiger partial charge < -0.3 is 24.8 Å². The third kappa shape index (κ3) is 4.85. The van der Waals surface area contributed by atoms with Crippen molar-refractivity contribution in [3.8, 4) is 5.82 Å². The highest BCUT2D eigenvalue weighted by atomic mass is 16.4. The van der Waals surface area contributed by atoms with E-state index in [9.17, 15) is 9.90 Å². The van der Waals surface area contributed by atoms with E-state index in [0.717, 1.165) is 55.3 Å². The second-order valence-electron chi connectivity index (χ2n) is 10.0. The lowest BCUT2D eigenvalue weighted by molar-refractivity contribution is 0.0876. The molecule has 8 heteroatoms. The number of fused-ring (bicyclic) bond motifs is 1. The summed E-state index contributed by atoms with van der Waals surface area (Å²) in [5, 5.41) is 13.2. The van der Waals surface area contributed by atoms with Crippen molar-refractivity contribution in [2.75, 3.05) is 31.5 Å². The van der Waals surface area contributed by atoms with Crippen molar-refractivity contribution in [3.05, 3.63) is 42.1 Å². The SMILES string of the molecule is Cc1ccc(-n2c(NC3CCN(CCN(C(=O)O)C(C)(C)C)CC3)nc3ccccc32)n1C. The van der Waals surface area contributed by atoms with E-state index < -0.39 is 6.09 Å². The summed E-state index contributed by atoms with van der Waals surface area (Å²) in [7, 11) is 2.08. The molecule has 4 rings (SSSR count). The van der Waals surface area contributed by atoms with Crippen LogP contribution in [0, 0.1) is 6.92 Å². The normalized spacial score (nSPS) is 15.8. The van der Waals surface area contributed by atoms with E-state index in [1.165, 1.54) is 10.6 Å². The number of hydrogen-bond acceptors (Lipinski definition) is 4. The number of benzene rings is 1. The van der Waals surface area contributed by atoms with Gasteiger partial charge in [0.1, 0.15) is 5.82 Å². The number of nitrogens with zero attached hydrogens (tertiary/aromatic N) is 5. The second kappa shape index (κ2) is 9.09. The number of nitrogens with one attached hydrogen (secondary N) is 1. The highest BCUT2D eigenvalue weighted by Crippen LogP contribution is 2.27. The molecular weight excluding hydrogens is 416 g/mol.